The highest BCUT2D eigenvalue weighted by Gasteiger charge is 2.30. The number of benzene rings is 1. The molecule has 0 fully saturated rings. The Labute approximate surface area is 159 Å². The minimum Gasteiger partial charge on any atom is -0.361 e. The van der Waals surface area contributed by atoms with Gasteiger partial charge in [0.1, 0.15) is 5.76 Å². The SMILES string of the molecule is Cc1cc(C(=O)Nc2nc3c(s2)CN(S(=O)(=O)c2ccccc2)CC3)no1. The van der Waals surface area contributed by atoms with E-state index in [4.69, 9.17) is 4.52 Å². The number of nitrogens with one attached hydrogen (secondary N) is 1. The fraction of sp³-hybridized carbons (Fsp3) is 0.235. The van der Waals surface area contributed by atoms with Gasteiger partial charge in [0.25, 0.3) is 5.91 Å². The predicted octanol–water partition coefficient (Wildman–Crippen LogP) is 2.44. The molecular formula is C17H16N4O4S2. The van der Waals surface area contributed by atoms with Crippen molar-refractivity contribution in [1.82, 2.24) is 14.4 Å². The molecule has 0 radical (unpaired) electrons. The van der Waals surface area contributed by atoms with E-state index in [1.54, 1.807) is 37.3 Å². The van der Waals surface area contributed by atoms with E-state index in [9.17, 15) is 13.2 Å². The van der Waals surface area contributed by atoms with Crippen LogP contribution >= 0.6 is 11.3 Å². The van der Waals surface area contributed by atoms with Crippen LogP contribution in [0.2, 0.25) is 0 Å². The molecule has 3 aromatic rings. The van der Waals surface area contributed by atoms with Gasteiger partial charge < -0.3 is 4.52 Å². The molecule has 4 rings (SSSR count). The molecule has 0 bridgehead atoms. The van der Waals surface area contributed by atoms with E-state index in [1.165, 1.54) is 21.7 Å². The summed E-state index contributed by atoms with van der Waals surface area (Å²) in [5, 5.41) is 6.79. The Morgan fingerprint density at radius 1 is 1.30 bits per heavy atom. The van der Waals surface area contributed by atoms with Crippen molar-refractivity contribution in [3.63, 3.8) is 0 Å². The van der Waals surface area contributed by atoms with E-state index < -0.39 is 15.9 Å². The number of fused-ring (bicyclic) bond motifs is 1. The Morgan fingerprint density at radius 2 is 2.07 bits per heavy atom. The summed E-state index contributed by atoms with van der Waals surface area (Å²) in [6.45, 7) is 2.29. The lowest BCUT2D eigenvalue weighted by atomic mass is 10.2. The van der Waals surface area contributed by atoms with Crippen LogP contribution in [0.15, 0.2) is 45.8 Å². The van der Waals surface area contributed by atoms with E-state index in [1.807, 2.05) is 0 Å². The number of aryl methyl sites for hydroxylation is 1. The Bertz CT molecular complexity index is 1090. The van der Waals surface area contributed by atoms with Crippen molar-refractivity contribution in [3.8, 4) is 0 Å². The molecule has 0 atom stereocenters. The summed E-state index contributed by atoms with van der Waals surface area (Å²) in [5.41, 5.74) is 0.986. The highest BCUT2D eigenvalue weighted by Crippen LogP contribution is 2.31. The third-order valence-corrected chi connectivity index (χ3v) is 7.02. The lowest BCUT2D eigenvalue weighted by molar-refractivity contribution is 0.101. The number of amides is 1. The molecule has 1 aliphatic rings. The van der Waals surface area contributed by atoms with E-state index >= 15 is 0 Å². The van der Waals surface area contributed by atoms with Gasteiger partial charge in [0, 0.05) is 23.9 Å². The van der Waals surface area contributed by atoms with Crippen molar-refractivity contribution in [3.05, 3.63) is 58.4 Å². The van der Waals surface area contributed by atoms with Gasteiger partial charge >= 0.3 is 0 Å². The highest BCUT2D eigenvalue weighted by atomic mass is 32.2. The first kappa shape index (κ1) is 17.8. The van der Waals surface area contributed by atoms with Crippen molar-refractivity contribution in [2.24, 2.45) is 0 Å². The van der Waals surface area contributed by atoms with Gasteiger partial charge in [0.2, 0.25) is 10.0 Å². The zero-order valence-electron chi connectivity index (χ0n) is 14.4. The number of hydrogen-bond acceptors (Lipinski definition) is 7. The third kappa shape index (κ3) is 3.51. The lowest BCUT2D eigenvalue weighted by Crippen LogP contribution is -2.35. The maximum Gasteiger partial charge on any atom is 0.279 e. The summed E-state index contributed by atoms with van der Waals surface area (Å²) in [5.74, 6) is 0.132. The fourth-order valence-electron chi connectivity index (χ4n) is 2.81. The largest absolute Gasteiger partial charge is 0.361 e. The minimum absolute atomic E-state index is 0.175. The zero-order valence-corrected chi connectivity index (χ0v) is 16.0. The molecule has 0 unspecified atom stereocenters. The maximum atomic E-state index is 12.8. The van der Waals surface area contributed by atoms with Crippen LogP contribution in [0.5, 0.6) is 0 Å². The summed E-state index contributed by atoms with van der Waals surface area (Å²) in [4.78, 5) is 17.7. The van der Waals surface area contributed by atoms with Crippen molar-refractivity contribution in [2.75, 3.05) is 11.9 Å². The first-order valence-electron chi connectivity index (χ1n) is 8.22. The van der Waals surface area contributed by atoms with Crippen LogP contribution in [-0.2, 0) is 23.0 Å². The van der Waals surface area contributed by atoms with Crippen LogP contribution in [0.1, 0.15) is 26.8 Å². The standard InChI is InChI=1S/C17H16N4O4S2/c1-11-9-14(20-25-11)16(22)19-17-18-13-7-8-21(10-15(13)26-17)27(23,24)12-5-3-2-4-6-12/h2-6,9H,7-8,10H2,1H3,(H,18,19,22). The maximum absolute atomic E-state index is 12.8. The lowest BCUT2D eigenvalue weighted by Gasteiger charge is -2.25. The van der Waals surface area contributed by atoms with Crippen LogP contribution in [0.25, 0.3) is 0 Å². The number of sulfonamides is 1. The van der Waals surface area contributed by atoms with Crippen molar-refractivity contribution in [1.29, 1.82) is 0 Å². The Hall–Kier alpha value is -2.56. The Balaban J connectivity index is 1.52. The second-order valence-corrected chi connectivity index (χ2v) is 9.09. The number of nitrogens with zero attached hydrogens (tertiary/aromatic N) is 3. The van der Waals surface area contributed by atoms with Crippen molar-refractivity contribution < 1.29 is 17.7 Å². The summed E-state index contributed by atoms with van der Waals surface area (Å²) in [6, 6.07) is 9.90. The van der Waals surface area contributed by atoms with Gasteiger partial charge in [-0.2, -0.15) is 4.31 Å². The van der Waals surface area contributed by atoms with Crippen LogP contribution in [-0.4, -0.2) is 35.3 Å². The number of hydrogen-bond donors (Lipinski definition) is 1. The van der Waals surface area contributed by atoms with Crippen LogP contribution in [0.4, 0.5) is 5.13 Å². The molecule has 8 nitrogen and oxygen atoms in total. The van der Waals surface area contributed by atoms with E-state index in [-0.39, 0.29) is 17.1 Å². The number of carbonyl (C=O) groups is 1. The molecule has 1 N–H and O–H groups in total. The van der Waals surface area contributed by atoms with Crippen LogP contribution in [0, 0.1) is 6.92 Å². The van der Waals surface area contributed by atoms with E-state index in [0.717, 1.165) is 10.6 Å². The molecular weight excluding hydrogens is 388 g/mol. The number of rotatable bonds is 4. The summed E-state index contributed by atoms with van der Waals surface area (Å²) in [6.07, 6.45) is 0.497. The number of anilines is 1. The summed E-state index contributed by atoms with van der Waals surface area (Å²) in [7, 11) is -3.56. The van der Waals surface area contributed by atoms with Gasteiger partial charge in [-0.25, -0.2) is 13.4 Å². The predicted molar refractivity (Wildman–Crippen MR) is 99.0 cm³/mol. The molecule has 0 saturated carbocycles. The van der Waals surface area contributed by atoms with Crippen molar-refractivity contribution in [2.45, 2.75) is 24.8 Å². The fourth-order valence-corrected chi connectivity index (χ4v) is 5.34. The molecule has 0 saturated heterocycles. The average molecular weight is 404 g/mol. The molecule has 1 aliphatic heterocycles. The topological polar surface area (TPSA) is 105 Å². The number of carbonyl (C=O) groups excluding carboxylic acids is 1. The molecule has 140 valence electrons. The first-order chi connectivity index (χ1) is 12.9. The van der Waals surface area contributed by atoms with Crippen LogP contribution < -0.4 is 5.32 Å². The Kier molecular flexibility index (Phi) is 4.54. The molecule has 10 heteroatoms. The van der Waals surface area contributed by atoms with Gasteiger partial charge in [0.15, 0.2) is 10.8 Å². The number of thiazole rings is 1. The Morgan fingerprint density at radius 3 is 2.78 bits per heavy atom. The normalized spacial score (nSPS) is 14.7. The molecule has 1 amide bonds. The van der Waals surface area contributed by atoms with Crippen LogP contribution in [0.3, 0.4) is 0 Å². The van der Waals surface area contributed by atoms with Crippen molar-refractivity contribution >= 4 is 32.4 Å². The monoisotopic (exact) mass is 404 g/mol. The average Bonchev–Trinajstić information content (AvgIpc) is 3.27. The second kappa shape index (κ2) is 6.87. The molecule has 1 aromatic carbocycles. The van der Waals surface area contributed by atoms with E-state index in [0.29, 0.717) is 23.9 Å². The van der Waals surface area contributed by atoms with E-state index in [2.05, 4.69) is 15.5 Å². The number of aromatic nitrogens is 2. The quantitative estimate of drug-likeness (QED) is 0.716. The van der Waals surface area contributed by atoms with Gasteiger partial charge in [-0.15, -0.1) is 11.3 Å². The zero-order chi connectivity index (χ0) is 19.0. The molecule has 3 heterocycles. The summed E-state index contributed by atoms with van der Waals surface area (Å²) < 4.78 is 31.9. The molecule has 0 spiro atoms. The summed E-state index contributed by atoms with van der Waals surface area (Å²) >= 11 is 1.27. The van der Waals surface area contributed by atoms with Gasteiger partial charge in [-0.3, -0.25) is 10.1 Å². The van der Waals surface area contributed by atoms with Gasteiger partial charge in [-0.05, 0) is 19.1 Å². The van der Waals surface area contributed by atoms with Gasteiger partial charge in [0.05, 0.1) is 17.1 Å². The highest BCUT2D eigenvalue weighted by molar-refractivity contribution is 7.89. The second-order valence-electron chi connectivity index (χ2n) is 6.07. The smallest absolute Gasteiger partial charge is 0.279 e. The van der Waals surface area contributed by atoms with Gasteiger partial charge in [-0.1, -0.05) is 23.4 Å². The minimum atomic E-state index is -3.56. The molecule has 2 aromatic heterocycles. The molecule has 0 aliphatic carbocycles. The third-order valence-electron chi connectivity index (χ3n) is 4.16. The molecule has 27 heavy (non-hydrogen) atoms. The first-order valence-corrected chi connectivity index (χ1v) is 10.5.